The number of rotatable bonds is 6. The summed E-state index contributed by atoms with van der Waals surface area (Å²) in [4.78, 5) is 10.6. The summed E-state index contributed by atoms with van der Waals surface area (Å²) in [6, 6.07) is 17.3. The van der Waals surface area contributed by atoms with Gasteiger partial charge in [0, 0.05) is 17.7 Å². The van der Waals surface area contributed by atoms with Gasteiger partial charge in [0.25, 0.3) is 5.69 Å². The summed E-state index contributed by atoms with van der Waals surface area (Å²) >= 11 is 0. The first-order valence-corrected chi connectivity index (χ1v) is 6.69. The standard InChI is InChI=1S/C16H18N2O2/c1-13(14-7-3-2-4-8-14)17-12-11-15-9-5-6-10-16(15)18(19)20/h2-10,13,17H,11-12H2,1H3/t13-/m0/s1. The highest BCUT2D eigenvalue weighted by Gasteiger charge is 2.12. The van der Waals surface area contributed by atoms with E-state index in [1.165, 1.54) is 5.56 Å². The van der Waals surface area contributed by atoms with Crippen LogP contribution in [0.2, 0.25) is 0 Å². The second kappa shape index (κ2) is 6.82. The minimum Gasteiger partial charge on any atom is -0.310 e. The molecule has 0 aliphatic rings. The molecule has 0 aliphatic heterocycles. The predicted molar refractivity (Wildman–Crippen MR) is 79.7 cm³/mol. The van der Waals surface area contributed by atoms with Crippen molar-refractivity contribution in [2.45, 2.75) is 19.4 Å². The molecule has 2 rings (SSSR count). The smallest absolute Gasteiger partial charge is 0.272 e. The Morgan fingerprint density at radius 2 is 1.75 bits per heavy atom. The van der Waals surface area contributed by atoms with Crippen molar-refractivity contribution in [3.63, 3.8) is 0 Å². The minimum absolute atomic E-state index is 0.196. The summed E-state index contributed by atoms with van der Waals surface area (Å²) in [5.41, 5.74) is 2.18. The molecular weight excluding hydrogens is 252 g/mol. The first-order valence-electron chi connectivity index (χ1n) is 6.69. The quantitative estimate of drug-likeness (QED) is 0.645. The molecule has 0 heterocycles. The topological polar surface area (TPSA) is 55.2 Å². The van der Waals surface area contributed by atoms with E-state index in [2.05, 4.69) is 24.4 Å². The Morgan fingerprint density at radius 3 is 2.45 bits per heavy atom. The van der Waals surface area contributed by atoms with Crippen LogP contribution in [-0.2, 0) is 6.42 Å². The molecule has 0 saturated heterocycles. The number of para-hydroxylation sites is 1. The highest BCUT2D eigenvalue weighted by atomic mass is 16.6. The number of nitro benzene ring substituents is 1. The van der Waals surface area contributed by atoms with Crippen LogP contribution in [-0.4, -0.2) is 11.5 Å². The lowest BCUT2D eigenvalue weighted by Crippen LogP contribution is -2.21. The molecule has 104 valence electrons. The molecule has 0 aromatic heterocycles. The number of nitrogens with zero attached hydrogens (tertiary/aromatic N) is 1. The van der Waals surface area contributed by atoms with Crippen LogP contribution in [0.15, 0.2) is 54.6 Å². The molecule has 1 atom stereocenters. The molecule has 0 saturated carbocycles. The van der Waals surface area contributed by atoms with Gasteiger partial charge in [-0.2, -0.15) is 0 Å². The minimum atomic E-state index is -0.323. The van der Waals surface area contributed by atoms with Gasteiger partial charge in [-0.05, 0) is 25.5 Å². The van der Waals surface area contributed by atoms with Gasteiger partial charge in [0.1, 0.15) is 0 Å². The molecule has 1 N–H and O–H groups in total. The van der Waals surface area contributed by atoms with Crippen molar-refractivity contribution in [1.29, 1.82) is 0 Å². The fraction of sp³-hybridized carbons (Fsp3) is 0.250. The fourth-order valence-corrected chi connectivity index (χ4v) is 2.18. The number of benzene rings is 2. The van der Waals surface area contributed by atoms with Gasteiger partial charge in [0.15, 0.2) is 0 Å². The number of hydrogen-bond donors (Lipinski definition) is 1. The summed E-state index contributed by atoms with van der Waals surface area (Å²) < 4.78 is 0. The van der Waals surface area contributed by atoms with Gasteiger partial charge >= 0.3 is 0 Å². The Balaban J connectivity index is 1.92. The zero-order valence-electron chi connectivity index (χ0n) is 11.5. The van der Waals surface area contributed by atoms with Crippen molar-refractivity contribution in [2.24, 2.45) is 0 Å². The van der Waals surface area contributed by atoms with Crippen LogP contribution in [0.3, 0.4) is 0 Å². The molecule has 20 heavy (non-hydrogen) atoms. The molecule has 0 radical (unpaired) electrons. The third kappa shape index (κ3) is 3.65. The zero-order chi connectivity index (χ0) is 14.4. The van der Waals surface area contributed by atoms with Gasteiger partial charge < -0.3 is 5.32 Å². The van der Waals surface area contributed by atoms with E-state index in [4.69, 9.17) is 0 Å². The van der Waals surface area contributed by atoms with Crippen LogP contribution in [0.5, 0.6) is 0 Å². The second-order valence-corrected chi connectivity index (χ2v) is 4.72. The van der Waals surface area contributed by atoms with E-state index >= 15 is 0 Å². The molecule has 4 heteroatoms. The first kappa shape index (κ1) is 14.2. The molecule has 0 spiro atoms. The van der Waals surface area contributed by atoms with Crippen molar-refractivity contribution in [3.8, 4) is 0 Å². The molecule has 0 fully saturated rings. The Bertz CT molecular complexity index is 570. The SMILES string of the molecule is C[C@H](NCCc1ccccc1[N+](=O)[O-])c1ccccc1. The summed E-state index contributed by atoms with van der Waals surface area (Å²) in [5.74, 6) is 0. The van der Waals surface area contributed by atoms with E-state index in [-0.39, 0.29) is 16.7 Å². The zero-order valence-corrected chi connectivity index (χ0v) is 11.5. The Hall–Kier alpha value is -2.20. The van der Waals surface area contributed by atoms with Crippen molar-refractivity contribution >= 4 is 5.69 Å². The van der Waals surface area contributed by atoms with Crippen LogP contribution in [0.25, 0.3) is 0 Å². The van der Waals surface area contributed by atoms with E-state index < -0.39 is 0 Å². The number of hydrogen-bond acceptors (Lipinski definition) is 3. The second-order valence-electron chi connectivity index (χ2n) is 4.72. The summed E-state index contributed by atoms with van der Waals surface area (Å²) in [6.07, 6.45) is 0.647. The third-order valence-corrected chi connectivity index (χ3v) is 3.33. The van der Waals surface area contributed by atoms with E-state index in [9.17, 15) is 10.1 Å². The monoisotopic (exact) mass is 270 g/mol. The Morgan fingerprint density at radius 1 is 1.10 bits per heavy atom. The Labute approximate surface area is 118 Å². The third-order valence-electron chi connectivity index (χ3n) is 3.33. The van der Waals surface area contributed by atoms with Crippen molar-refractivity contribution in [1.82, 2.24) is 5.32 Å². The van der Waals surface area contributed by atoms with Crippen molar-refractivity contribution in [2.75, 3.05) is 6.54 Å². The lowest BCUT2D eigenvalue weighted by molar-refractivity contribution is -0.385. The lowest BCUT2D eigenvalue weighted by Gasteiger charge is -2.14. The fourth-order valence-electron chi connectivity index (χ4n) is 2.18. The van der Waals surface area contributed by atoms with Gasteiger partial charge in [-0.15, -0.1) is 0 Å². The highest BCUT2D eigenvalue weighted by molar-refractivity contribution is 5.39. The summed E-state index contributed by atoms with van der Waals surface area (Å²) in [7, 11) is 0. The van der Waals surface area contributed by atoms with Gasteiger partial charge in [-0.25, -0.2) is 0 Å². The maximum atomic E-state index is 10.9. The summed E-state index contributed by atoms with van der Waals surface area (Å²) in [6.45, 7) is 2.80. The molecule has 4 nitrogen and oxygen atoms in total. The van der Waals surface area contributed by atoms with E-state index in [1.54, 1.807) is 12.1 Å². The lowest BCUT2D eigenvalue weighted by atomic mass is 10.1. The molecule has 0 unspecified atom stereocenters. The first-order chi connectivity index (χ1) is 9.68. The maximum Gasteiger partial charge on any atom is 0.272 e. The maximum absolute atomic E-state index is 10.9. The van der Waals surface area contributed by atoms with Gasteiger partial charge in [-0.3, -0.25) is 10.1 Å². The van der Waals surface area contributed by atoms with Gasteiger partial charge in [0.05, 0.1) is 4.92 Å². The Kier molecular flexibility index (Phi) is 4.85. The van der Waals surface area contributed by atoms with Crippen LogP contribution >= 0.6 is 0 Å². The largest absolute Gasteiger partial charge is 0.310 e. The molecule has 0 amide bonds. The van der Waals surface area contributed by atoms with E-state index in [1.807, 2.05) is 30.3 Å². The van der Waals surface area contributed by atoms with Crippen LogP contribution in [0.4, 0.5) is 5.69 Å². The van der Waals surface area contributed by atoms with E-state index in [0.717, 1.165) is 5.56 Å². The summed E-state index contributed by atoms with van der Waals surface area (Å²) in [5, 5.41) is 14.3. The molecule has 2 aromatic rings. The number of nitrogens with one attached hydrogen (secondary N) is 1. The highest BCUT2D eigenvalue weighted by Crippen LogP contribution is 2.18. The van der Waals surface area contributed by atoms with Crippen molar-refractivity contribution in [3.05, 3.63) is 75.8 Å². The average Bonchev–Trinajstić information content (AvgIpc) is 2.48. The number of nitro groups is 1. The molecular formula is C16H18N2O2. The van der Waals surface area contributed by atoms with Gasteiger partial charge in [0.2, 0.25) is 0 Å². The molecule has 0 aliphatic carbocycles. The van der Waals surface area contributed by atoms with Crippen molar-refractivity contribution < 1.29 is 4.92 Å². The van der Waals surface area contributed by atoms with Gasteiger partial charge in [-0.1, -0.05) is 48.5 Å². The van der Waals surface area contributed by atoms with E-state index in [0.29, 0.717) is 13.0 Å². The van der Waals surface area contributed by atoms with Crippen LogP contribution in [0.1, 0.15) is 24.1 Å². The molecule has 2 aromatic carbocycles. The molecule has 0 bridgehead atoms. The van der Waals surface area contributed by atoms with Crippen LogP contribution in [0, 0.1) is 10.1 Å². The average molecular weight is 270 g/mol. The normalized spacial score (nSPS) is 12.1. The van der Waals surface area contributed by atoms with Crippen LogP contribution < -0.4 is 5.32 Å². The predicted octanol–water partition coefficient (Wildman–Crippen LogP) is 3.49.